The van der Waals surface area contributed by atoms with E-state index in [1.165, 1.54) is 27.0 Å². The molecular weight excluding hydrogens is 428 g/mol. The van der Waals surface area contributed by atoms with Gasteiger partial charge in [-0.1, -0.05) is 31.2 Å². The van der Waals surface area contributed by atoms with Gasteiger partial charge in [0.1, 0.15) is 17.0 Å². The van der Waals surface area contributed by atoms with Gasteiger partial charge in [-0.2, -0.15) is 0 Å². The van der Waals surface area contributed by atoms with Crippen molar-refractivity contribution in [1.82, 2.24) is 14.9 Å². The maximum Gasteiger partial charge on any atom is 0.226 e. The van der Waals surface area contributed by atoms with Crippen LogP contribution in [-0.4, -0.2) is 46.5 Å². The fourth-order valence-corrected chi connectivity index (χ4v) is 6.63. The molecule has 5 rings (SSSR count). The molecule has 1 atom stereocenters. The number of carbonyl (C=O) groups is 1. The molecule has 1 aliphatic carbocycles. The van der Waals surface area contributed by atoms with E-state index in [0.29, 0.717) is 11.9 Å². The summed E-state index contributed by atoms with van der Waals surface area (Å²) in [6.07, 6.45) is 7.66. The Kier molecular flexibility index (Phi) is 6.37. The van der Waals surface area contributed by atoms with Crippen LogP contribution in [0.4, 0.5) is 5.82 Å². The van der Waals surface area contributed by atoms with E-state index in [0.717, 1.165) is 68.8 Å². The molecule has 2 aromatic heterocycles. The third-order valence-corrected chi connectivity index (χ3v) is 8.71. The largest absolute Gasteiger partial charge is 0.356 e. The third kappa shape index (κ3) is 4.25. The van der Waals surface area contributed by atoms with Crippen LogP contribution in [0.25, 0.3) is 10.2 Å². The van der Waals surface area contributed by atoms with Gasteiger partial charge in [0.15, 0.2) is 0 Å². The van der Waals surface area contributed by atoms with Crippen LogP contribution in [0.1, 0.15) is 54.2 Å². The molecule has 0 bridgehead atoms. The molecule has 0 saturated carbocycles. The smallest absolute Gasteiger partial charge is 0.226 e. The second-order valence-electron chi connectivity index (χ2n) is 9.62. The van der Waals surface area contributed by atoms with Crippen LogP contribution < -0.4 is 4.90 Å². The van der Waals surface area contributed by atoms with Crippen molar-refractivity contribution in [1.29, 1.82) is 0 Å². The predicted molar refractivity (Wildman–Crippen MR) is 136 cm³/mol. The van der Waals surface area contributed by atoms with Crippen LogP contribution in [0.15, 0.2) is 30.6 Å². The molecule has 2 aliphatic rings. The maximum atomic E-state index is 13.7. The van der Waals surface area contributed by atoms with E-state index in [1.807, 2.05) is 0 Å². The first-order valence-electron chi connectivity index (χ1n) is 12.4. The number of aromatic nitrogens is 2. The van der Waals surface area contributed by atoms with E-state index >= 15 is 0 Å². The fraction of sp³-hybridized carbons (Fsp3) is 0.519. The van der Waals surface area contributed by atoms with E-state index in [2.05, 4.69) is 64.8 Å². The summed E-state index contributed by atoms with van der Waals surface area (Å²) in [5.74, 6) is 1.53. The first-order valence-corrected chi connectivity index (χ1v) is 13.2. The van der Waals surface area contributed by atoms with Gasteiger partial charge in [-0.05, 0) is 69.1 Å². The number of nitrogens with zero attached hydrogens (tertiary/aromatic N) is 4. The molecule has 1 aliphatic heterocycles. The van der Waals surface area contributed by atoms with E-state index in [-0.39, 0.29) is 5.92 Å². The van der Waals surface area contributed by atoms with Gasteiger partial charge >= 0.3 is 0 Å². The first-order chi connectivity index (χ1) is 16.1. The molecule has 1 amide bonds. The fourth-order valence-electron chi connectivity index (χ4n) is 5.63. The van der Waals surface area contributed by atoms with Gasteiger partial charge < -0.3 is 9.80 Å². The van der Waals surface area contributed by atoms with Gasteiger partial charge in [0, 0.05) is 36.5 Å². The molecule has 174 valence electrons. The Morgan fingerprint density at radius 2 is 1.88 bits per heavy atom. The van der Waals surface area contributed by atoms with Crippen LogP contribution in [-0.2, 0) is 17.6 Å². The highest BCUT2D eigenvalue weighted by Gasteiger charge is 2.34. The van der Waals surface area contributed by atoms with E-state index in [1.54, 1.807) is 17.7 Å². The molecule has 33 heavy (non-hydrogen) atoms. The summed E-state index contributed by atoms with van der Waals surface area (Å²) in [6.45, 7) is 9.14. The average molecular weight is 463 g/mol. The lowest BCUT2D eigenvalue weighted by molar-refractivity contribution is -0.139. The molecule has 1 aromatic carbocycles. The van der Waals surface area contributed by atoms with Gasteiger partial charge in [-0.15, -0.1) is 11.3 Å². The topological polar surface area (TPSA) is 49.3 Å². The van der Waals surface area contributed by atoms with Crippen LogP contribution in [0.3, 0.4) is 0 Å². The molecule has 3 aromatic rings. The van der Waals surface area contributed by atoms with Gasteiger partial charge in [0.2, 0.25) is 5.91 Å². The molecule has 1 fully saturated rings. The Hall–Kier alpha value is -2.47. The second-order valence-corrected chi connectivity index (χ2v) is 10.8. The third-order valence-electron chi connectivity index (χ3n) is 7.60. The predicted octanol–water partition coefficient (Wildman–Crippen LogP) is 5.32. The monoisotopic (exact) mass is 462 g/mol. The summed E-state index contributed by atoms with van der Waals surface area (Å²) in [6, 6.07) is 9.08. The molecule has 1 unspecified atom stereocenters. The van der Waals surface area contributed by atoms with Crippen molar-refractivity contribution in [3.8, 4) is 0 Å². The van der Waals surface area contributed by atoms with Crippen LogP contribution in [0.2, 0.25) is 0 Å². The zero-order valence-corrected chi connectivity index (χ0v) is 20.8. The summed E-state index contributed by atoms with van der Waals surface area (Å²) < 4.78 is 0. The number of benzene rings is 1. The van der Waals surface area contributed by atoms with Gasteiger partial charge in [0.25, 0.3) is 0 Å². The summed E-state index contributed by atoms with van der Waals surface area (Å²) in [4.78, 5) is 29.8. The normalized spacial score (nSPS) is 19.0. The summed E-state index contributed by atoms with van der Waals surface area (Å²) >= 11 is 1.74. The number of fused-ring (bicyclic) bond motifs is 2. The molecule has 0 N–H and O–H groups in total. The summed E-state index contributed by atoms with van der Waals surface area (Å²) in [7, 11) is 0. The van der Waals surface area contributed by atoms with Gasteiger partial charge in [0.05, 0.1) is 5.39 Å². The average Bonchev–Trinajstić information content (AvgIpc) is 3.15. The lowest BCUT2D eigenvalue weighted by atomic mass is 9.86. The Morgan fingerprint density at radius 3 is 2.64 bits per heavy atom. The van der Waals surface area contributed by atoms with Crippen molar-refractivity contribution in [2.24, 2.45) is 5.92 Å². The van der Waals surface area contributed by atoms with Crippen molar-refractivity contribution >= 4 is 33.3 Å². The molecule has 0 radical (unpaired) electrons. The molecule has 3 heterocycles. The number of hydrogen-bond acceptors (Lipinski definition) is 5. The standard InChI is InChI=1S/C27H34N4OS/c1-4-13-31(23-10-9-20-7-5-6-8-22(20)16-23)27(32)21-11-14-30(15-12-21)25-24-18(2)19(3)33-26(24)29-17-28-25/h5-8,17,21,23H,4,9-16H2,1-3H3. The zero-order chi connectivity index (χ0) is 22.9. The van der Waals surface area contributed by atoms with Crippen LogP contribution in [0, 0.1) is 19.8 Å². The number of carbonyl (C=O) groups excluding carboxylic acids is 1. The highest BCUT2D eigenvalue weighted by atomic mass is 32.1. The number of anilines is 1. The molecule has 5 nitrogen and oxygen atoms in total. The summed E-state index contributed by atoms with van der Waals surface area (Å²) in [5.41, 5.74) is 4.17. The Morgan fingerprint density at radius 1 is 1.12 bits per heavy atom. The molecule has 1 saturated heterocycles. The van der Waals surface area contributed by atoms with Crippen molar-refractivity contribution in [2.75, 3.05) is 24.5 Å². The first kappa shape index (κ1) is 22.3. The Balaban J connectivity index is 1.29. The highest BCUT2D eigenvalue weighted by molar-refractivity contribution is 7.18. The SMILES string of the molecule is CCCN(C(=O)C1CCN(c2ncnc3sc(C)c(C)c23)CC1)C1CCc2ccccc2C1. The van der Waals surface area contributed by atoms with Crippen molar-refractivity contribution in [3.05, 3.63) is 52.2 Å². The number of piperidine rings is 1. The highest BCUT2D eigenvalue weighted by Crippen LogP contribution is 2.36. The van der Waals surface area contributed by atoms with Crippen molar-refractivity contribution < 1.29 is 4.79 Å². The minimum Gasteiger partial charge on any atom is -0.356 e. The number of thiophene rings is 1. The van der Waals surface area contributed by atoms with Crippen molar-refractivity contribution in [2.45, 2.75) is 65.3 Å². The van der Waals surface area contributed by atoms with E-state index in [9.17, 15) is 4.79 Å². The lowest BCUT2D eigenvalue weighted by Gasteiger charge is -2.39. The quantitative estimate of drug-likeness (QED) is 0.515. The Labute approximate surface area is 200 Å². The number of rotatable bonds is 5. The summed E-state index contributed by atoms with van der Waals surface area (Å²) in [5, 5.41) is 1.19. The minimum atomic E-state index is 0.118. The van der Waals surface area contributed by atoms with Gasteiger partial charge in [-0.3, -0.25) is 4.79 Å². The van der Waals surface area contributed by atoms with Crippen molar-refractivity contribution in [3.63, 3.8) is 0 Å². The number of amides is 1. The van der Waals surface area contributed by atoms with Crippen LogP contribution in [0.5, 0.6) is 0 Å². The molecular formula is C27H34N4OS. The second kappa shape index (κ2) is 9.41. The maximum absolute atomic E-state index is 13.7. The van der Waals surface area contributed by atoms with Gasteiger partial charge in [-0.25, -0.2) is 9.97 Å². The van der Waals surface area contributed by atoms with E-state index in [4.69, 9.17) is 0 Å². The van der Waals surface area contributed by atoms with E-state index < -0.39 is 0 Å². The van der Waals surface area contributed by atoms with Crippen LogP contribution >= 0.6 is 11.3 Å². The number of hydrogen-bond donors (Lipinski definition) is 0. The Bertz CT molecular complexity index is 1150. The minimum absolute atomic E-state index is 0.118. The molecule has 6 heteroatoms. The molecule has 0 spiro atoms. The number of aryl methyl sites for hydroxylation is 3. The zero-order valence-electron chi connectivity index (χ0n) is 20.0. The lowest BCUT2D eigenvalue weighted by Crippen LogP contribution is -2.49.